The quantitative estimate of drug-likeness (QED) is 0.774. The Bertz CT molecular complexity index is 304. The van der Waals surface area contributed by atoms with Crippen LogP contribution in [-0.4, -0.2) is 17.2 Å². The molecule has 1 rings (SSSR count). The van der Waals surface area contributed by atoms with Crippen molar-refractivity contribution >= 4 is 5.97 Å². The second-order valence-corrected chi connectivity index (χ2v) is 3.63. The van der Waals surface area contributed by atoms with Crippen LogP contribution in [0.15, 0.2) is 22.8 Å². The van der Waals surface area contributed by atoms with Gasteiger partial charge in [-0.15, -0.1) is 0 Å². The lowest BCUT2D eigenvalue weighted by atomic mass is 9.97. The van der Waals surface area contributed by atoms with Crippen LogP contribution in [0.2, 0.25) is 0 Å². The molecule has 4 nitrogen and oxygen atoms in total. The maximum Gasteiger partial charge on any atom is 0.302 e. The van der Waals surface area contributed by atoms with Gasteiger partial charge in [-0.3, -0.25) is 4.79 Å². The first kappa shape index (κ1) is 11.8. The fourth-order valence-corrected chi connectivity index (χ4v) is 1.34. The van der Waals surface area contributed by atoms with Gasteiger partial charge in [0.25, 0.3) is 0 Å². The molecule has 0 aliphatic heterocycles. The number of furan rings is 1. The smallest absolute Gasteiger partial charge is 0.302 e. The highest BCUT2D eigenvalue weighted by Crippen LogP contribution is 2.25. The molecule has 0 spiro atoms. The average molecular weight is 212 g/mol. The molecule has 1 aromatic rings. The molecule has 0 aromatic carbocycles. The number of rotatable bonds is 4. The Hall–Kier alpha value is -1.29. The summed E-state index contributed by atoms with van der Waals surface area (Å²) in [6, 6.07) is 3.41. The summed E-state index contributed by atoms with van der Waals surface area (Å²) in [5.74, 6) is -0.0671. The summed E-state index contributed by atoms with van der Waals surface area (Å²) in [4.78, 5) is 10.7. The minimum absolute atomic E-state index is 0.208. The first-order chi connectivity index (χ1) is 7.02. The summed E-state index contributed by atoms with van der Waals surface area (Å²) in [6.45, 7) is 4.90. The predicted octanol–water partition coefficient (Wildman–Crippen LogP) is 1.90. The van der Waals surface area contributed by atoms with E-state index in [4.69, 9.17) is 9.15 Å². The molecule has 0 aliphatic rings. The molecule has 0 aliphatic carbocycles. The molecule has 0 saturated heterocycles. The van der Waals surface area contributed by atoms with Gasteiger partial charge in [0.1, 0.15) is 18.0 Å². The van der Waals surface area contributed by atoms with E-state index in [9.17, 15) is 9.90 Å². The van der Waals surface area contributed by atoms with Crippen LogP contribution in [-0.2, 0) is 9.53 Å². The molecule has 2 unspecified atom stereocenters. The first-order valence-electron chi connectivity index (χ1n) is 4.91. The first-order valence-corrected chi connectivity index (χ1v) is 4.91. The Morgan fingerprint density at radius 1 is 1.53 bits per heavy atom. The predicted molar refractivity (Wildman–Crippen MR) is 54.1 cm³/mol. The SMILES string of the molecule is CC(=O)O[C@H](C)C(C)C(O)c1ccco1. The number of hydrogen-bond acceptors (Lipinski definition) is 4. The molecule has 1 N–H and O–H groups in total. The van der Waals surface area contributed by atoms with Crippen LogP contribution in [0, 0.1) is 5.92 Å². The maximum atomic E-state index is 10.7. The van der Waals surface area contributed by atoms with Gasteiger partial charge in [-0.1, -0.05) is 6.92 Å². The second-order valence-electron chi connectivity index (χ2n) is 3.63. The molecule has 0 fully saturated rings. The second kappa shape index (κ2) is 4.98. The Kier molecular flexibility index (Phi) is 3.91. The van der Waals surface area contributed by atoms with Crippen molar-refractivity contribution in [3.8, 4) is 0 Å². The van der Waals surface area contributed by atoms with Crippen LogP contribution >= 0.6 is 0 Å². The third-order valence-corrected chi connectivity index (χ3v) is 2.43. The summed E-state index contributed by atoms with van der Waals surface area (Å²) in [5.41, 5.74) is 0. The molecule has 3 atom stereocenters. The van der Waals surface area contributed by atoms with Crippen LogP contribution in [0.25, 0.3) is 0 Å². The summed E-state index contributed by atoms with van der Waals surface area (Å²) >= 11 is 0. The molecule has 4 heteroatoms. The summed E-state index contributed by atoms with van der Waals surface area (Å²) < 4.78 is 10.1. The van der Waals surface area contributed by atoms with Gasteiger partial charge in [-0.25, -0.2) is 0 Å². The third-order valence-electron chi connectivity index (χ3n) is 2.43. The van der Waals surface area contributed by atoms with Crippen LogP contribution in [0.3, 0.4) is 0 Å². The lowest BCUT2D eigenvalue weighted by molar-refractivity contribution is -0.150. The number of carbonyl (C=O) groups excluding carboxylic acids is 1. The van der Waals surface area contributed by atoms with Crippen LogP contribution in [0.5, 0.6) is 0 Å². The standard InChI is InChI=1S/C11H16O4/c1-7(8(2)15-9(3)12)11(13)10-5-4-6-14-10/h4-8,11,13H,1-3H3/t7?,8-,11?/m1/s1. The van der Waals surface area contributed by atoms with E-state index in [-0.39, 0.29) is 18.0 Å². The van der Waals surface area contributed by atoms with E-state index >= 15 is 0 Å². The van der Waals surface area contributed by atoms with Gasteiger partial charge < -0.3 is 14.3 Å². The molecule has 15 heavy (non-hydrogen) atoms. The van der Waals surface area contributed by atoms with Gasteiger partial charge in [0, 0.05) is 12.8 Å². The van der Waals surface area contributed by atoms with E-state index in [0.29, 0.717) is 5.76 Å². The molecular weight excluding hydrogens is 196 g/mol. The van der Waals surface area contributed by atoms with Crippen LogP contribution in [0.4, 0.5) is 0 Å². The summed E-state index contributed by atoms with van der Waals surface area (Å²) in [7, 11) is 0. The van der Waals surface area contributed by atoms with Crippen molar-refractivity contribution in [2.24, 2.45) is 5.92 Å². The number of ether oxygens (including phenoxy) is 1. The molecule has 1 aromatic heterocycles. The van der Waals surface area contributed by atoms with Crippen molar-refractivity contribution in [2.45, 2.75) is 33.0 Å². The zero-order valence-electron chi connectivity index (χ0n) is 9.14. The van der Waals surface area contributed by atoms with Gasteiger partial charge in [0.05, 0.1) is 6.26 Å². The maximum absolute atomic E-state index is 10.7. The number of aliphatic hydroxyl groups is 1. The van der Waals surface area contributed by atoms with Crippen molar-refractivity contribution in [3.63, 3.8) is 0 Å². The molecular formula is C11H16O4. The van der Waals surface area contributed by atoms with Gasteiger partial charge in [-0.05, 0) is 19.1 Å². The van der Waals surface area contributed by atoms with Crippen molar-refractivity contribution in [1.82, 2.24) is 0 Å². The number of carbonyl (C=O) groups is 1. The van der Waals surface area contributed by atoms with Crippen molar-refractivity contribution in [2.75, 3.05) is 0 Å². The van der Waals surface area contributed by atoms with Crippen LogP contribution < -0.4 is 0 Å². The van der Waals surface area contributed by atoms with E-state index in [0.717, 1.165) is 0 Å². The Morgan fingerprint density at radius 2 is 2.20 bits per heavy atom. The topological polar surface area (TPSA) is 59.7 Å². The minimum atomic E-state index is -0.755. The van der Waals surface area contributed by atoms with Crippen LogP contribution in [0.1, 0.15) is 32.6 Å². The zero-order valence-corrected chi connectivity index (χ0v) is 9.14. The minimum Gasteiger partial charge on any atom is -0.467 e. The lowest BCUT2D eigenvalue weighted by Crippen LogP contribution is -2.25. The lowest BCUT2D eigenvalue weighted by Gasteiger charge is -2.23. The van der Waals surface area contributed by atoms with E-state index in [1.165, 1.54) is 13.2 Å². The zero-order chi connectivity index (χ0) is 11.4. The van der Waals surface area contributed by atoms with Crippen molar-refractivity contribution in [3.05, 3.63) is 24.2 Å². The summed E-state index contributed by atoms with van der Waals surface area (Å²) in [5, 5.41) is 9.88. The average Bonchev–Trinajstić information content (AvgIpc) is 2.67. The highest BCUT2D eigenvalue weighted by Gasteiger charge is 2.25. The molecule has 84 valence electrons. The van der Waals surface area contributed by atoms with E-state index < -0.39 is 6.10 Å². The molecule has 0 amide bonds. The van der Waals surface area contributed by atoms with E-state index in [1.54, 1.807) is 26.0 Å². The highest BCUT2D eigenvalue weighted by atomic mass is 16.5. The van der Waals surface area contributed by atoms with Gasteiger partial charge in [-0.2, -0.15) is 0 Å². The Balaban J connectivity index is 2.59. The number of hydrogen-bond donors (Lipinski definition) is 1. The molecule has 1 heterocycles. The monoisotopic (exact) mass is 212 g/mol. The van der Waals surface area contributed by atoms with Gasteiger partial charge >= 0.3 is 5.97 Å². The van der Waals surface area contributed by atoms with E-state index in [2.05, 4.69) is 0 Å². The highest BCUT2D eigenvalue weighted by molar-refractivity contribution is 5.66. The number of aliphatic hydroxyl groups excluding tert-OH is 1. The fourth-order valence-electron chi connectivity index (χ4n) is 1.34. The third kappa shape index (κ3) is 3.09. The summed E-state index contributed by atoms with van der Waals surface area (Å²) in [6.07, 6.45) is 0.402. The molecule has 0 saturated carbocycles. The molecule has 0 bridgehead atoms. The van der Waals surface area contributed by atoms with E-state index in [1.807, 2.05) is 0 Å². The Labute approximate surface area is 88.8 Å². The van der Waals surface area contributed by atoms with Crippen molar-refractivity contribution < 1.29 is 19.1 Å². The fraction of sp³-hybridized carbons (Fsp3) is 0.545. The van der Waals surface area contributed by atoms with Gasteiger partial charge in [0.15, 0.2) is 0 Å². The normalized spacial score (nSPS) is 16.8. The largest absolute Gasteiger partial charge is 0.467 e. The molecule has 0 radical (unpaired) electrons. The van der Waals surface area contributed by atoms with Crippen molar-refractivity contribution in [1.29, 1.82) is 0 Å². The number of esters is 1. The Morgan fingerprint density at radius 3 is 2.67 bits per heavy atom. The van der Waals surface area contributed by atoms with Gasteiger partial charge in [0.2, 0.25) is 0 Å².